The minimum absolute atomic E-state index is 0.0271. The van der Waals surface area contributed by atoms with Crippen molar-refractivity contribution in [2.45, 2.75) is 34.6 Å². The largest absolute Gasteiger partial charge is 0.508 e. The molecule has 0 amide bonds. The van der Waals surface area contributed by atoms with E-state index in [-0.39, 0.29) is 127 Å². The number of hydrogen-bond acceptors (Lipinski definition) is 35. The van der Waals surface area contributed by atoms with Gasteiger partial charge in [-0.25, -0.2) is 55.5 Å². The predicted molar refractivity (Wildman–Crippen MR) is 427 cm³/mol. The first-order valence-electron chi connectivity index (χ1n) is 36.2. The summed E-state index contributed by atoms with van der Waals surface area (Å²) in [4.78, 5) is 85.9. The third kappa shape index (κ3) is 28.8. The molecule has 0 fully saturated rings. The van der Waals surface area contributed by atoms with Crippen LogP contribution in [0.25, 0.3) is 17.2 Å². The molecule has 0 aliphatic heterocycles. The van der Waals surface area contributed by atoms with Crippen molar-refractivity contribution in [3.63, 3.8) is 0 Å². The van der Waals surface area contributed by atoms with E-state index in [9.17, 15) is 137 Å². The van der Waals surface area contributed by atoms with Crippen LogP contribution in [0.15, 0.2) is 170 Å². The molecule has 35 nitrogen and oxygen atoms in total. The van der Waals surface area contributed by atoms with Gasteiger partial charge in [-0.3, -0.25) is 4.57 Å². The van der Waals surface area contributed by atoms with Gasteiger partial charge in [0.15, 0.2) is 23.3 Å². The zero-order valence-corrected chi connectivity index (χ0v) is 67.3. The smallest absolute Gasteiger partial charge is 0.365 e. The van der Waals surface area contributed by atoms with Crippen LogP contribution < -0.4 is 5.30 Å². The summed E-state index contributed by atoms with van der Waals surface area (Å²) >= 11 is 0. The molecule has 0 atom stereocenters. The first-order valence-corrected chi connectivity index (χ1v) is 37.8. The molecule has 0 bridgehead atoms. The number of ether oxygens (including phenoxy) is 7. The van der Waals surface area contributed by atoms with Gasteiger partial charge in [0.25, 0.3) is 0 Å². The van der Waals surface area contributed by atoms with Gasteiger partial charge in [-0.15, -0.1) is 0 Å². The number of hydrogen-bond donors (Lipinski definition) is 18. The normalized spacial score (nSPS) is 11.0. The number of aromatic hydroxyl groups is 18. The van der Waals surface area contributed by atoms with E-state index >= 15 is 0 Å². The van der Waals surface area contributed by atoms with Crippen molar-refractivity contribution >= 4 is 60.8 Å². The van der Waals surface area contributed by atoms with Crippen LogP contribution in [0.4, 0.5) is 22.0 Å². The first-order chi connectivity index (χ1) is 59.2. The van der Waals surface area contributed by atoms with Crippen LogP contribution in [-0.4, -0.2) is 193 Å². The quantitative estimate of drug-likeness (QED) is 0.00432. The summed E-state index contributed by atoms with van der Waals surface area (Å²) in [5.41, 5.74) is -5.46. The molecule has 670 valence electrons. The molecule has 0 radical (unpaired) electrons. The second-order valence-electron chi connectivity index (χ2n) is 26.9. The van der Waals surface area contributed by atoms with Gasteiger partial charge < -0.3 is 134 Å². The van der Waals surface area contributed by atoms with Gasteiger partial charge in [0.1, 0.15) is 165 Å². The SMILES string of the molecule is CC(COC(=O)c1cc(O)cc(O)c1)(COC(=O)c1cc(O)cc(O)c1)COC(=O)c1cc(O)cc(O)c1.CC(COC(=O)c1ccc(O)cc1O)(COC(=O)c1ccc(O)cc1O)COC(=O)c1ccc(O)cc1O.CCOC(=O)C=Cc1ccc(O)cc1O.CCOP(=O)(OCC)c1ccc(O)cc1O.Oc1ccc(-c2c(F)c(F)c(F)c(F)c2F)c(O)c1. The molecule has 10 rings (SSSR count). The number of benzene rings is 10. The second kappa shape index (κ2) is 44.8. The van der Waals surface area contributed by atoms with Crippen molar-refractivity contribution in [2.24, 2.45) is 10.8 Å². The van der Waals surface area contributed by atoms with Crippen LogP contribution in [0.2, 0.25) is 0 Å². The maximum atomic E-state index is 13.5. The molecule has 18 N–H and O–H groups in total. The Bertz CT molecular complexity index is 5280. The zero-order valence-electron chi connectivity index (χ0n) is 66.4. The van der Waals surface area contributed by atoms with Gasteiger partial charge in [0.2, 0.25) is 5.82 Å². The molecule has 0 aromatic heterocycles. The summed E-state index contributed by atoms with van der Waals surface area (Å²) in [6, 6.07) is 29.4. The Hall–Kier alpha value is -15.6. The highest BCUT2D eigenvalue weighted by atomic mass is 31.2. The van der Waals surface area contributed by atoms with Crippen LogP contribution in [0.1, 0.15) is 102 Å². The second-order valence-corrected chi connectivity index (χ2v) is 28.9. The van der Waals surface area contributed by atoms with E-state index in [1.807, 2.05) is 0 Å². The number of halogens is 5. The lowest BCUT2D eigenvalue weighted by atomic mass is 9.94. The molecule has 0 saturated carbocycles. The van der Waals surface area contributed by atoms with Gasteiger partial charge in [-0.2, -0.15) is 0 Å². The Morgan fingerprint density at radius 1 is 0.310 bits per heavy atom. The van der Waals surface area contributed by atoms with Crippen LogP contribution >= 0.6 is 7.60 Å². The standard InChI is InChI=1S/2C26H24O12.C12H5F5O2.C11H12O4.C10H15O5P/c1-26(11-36-23(33)14-2-17(27)8-18(28)3-14,12-37-24(34)15-4-19(29)9-20(30)5-15)13-38-25(35)16-6-21(31)10-22(32)7-16;1-26(11-36-23(33)17-5-2-14(27)8-20(17)30,12-37-24(34)18-6-3-15(28)9-21(18)31)13-38-25(35)19-7-4-16(29)10-22(19)32;13-8-7(5-2-1-4(18)3-6(5)19)9(14)11(16)12(17)10(8)15;1-2-15-11(14)6-4-8-3-5-9(12)7-10(8)13;1-3-14-16(13,15-4-2)10-6-5-8(11)7-9(10)12/h2*2-10,27-32H,11-13H2,1H3;1-3,18-19H;3-7,12-13H,2H2,1H3;5-7,11-12H,3-4H2,1-2H3. The molecule has 126 heavy (non-hydrogen) atoms. The molecular formula is C85H80F5O35P. The highest BCUT2D eigenvalue weighted by Gasteiger charge is 2.36. The van der Waals surface area contributed by atoms with Crippen LogP contribution in [0.5, 0.6) is 103 Å². The summed E-state index contributed by atoms with van der Waals surface area (Å²) in [6.45, 7) is 5.82. The van der Waals surface area contributed by atoms with Crippen molar-refractivity contribution < 1.29 is 194 Å². The van der Waals surface area contributed by atoms with Crippen molar-refractivity contribution in [3.05, 3.63) is 238 Å². The third-order valence-electron chi connectivity index (χ3n) is 16.3. The number of phenols is 18. The van der Waals surface area contributed by atoms with Crippen LogP contribution in [0.3, 0.4) is 0 Å². The lowest BCUT2D eigenvalue weighted by Gasteiger charge is -2.28. The third-order valence-corrected chi connectivity index (χ3v) is 18.5. The van der Waals surface area contributed by atoms with E-state index in [2.05, 4.69) is 4.74 Å². The van der Waals surface area contributed by atoms with Gasteiger partial charge in [-0.05, 0) is 150 Å². The number of carbonyl (C=O) groups excluding carboxylic acids is 7. The lowest BCUT2D eigenvalue weighted by molar-refractivity contribution is -0.137. The van der Waals surface area contributed by atoms with Gasteiger partial charge in [-0.1, -0.05) is 0 Å². The highest BCUT2D eigenvalue weighted by molar-refractivity contribution is 7.62. The van der Waals surface area contributed by atoms with Gasteiger partial charge in [0, 0.05) is 71.8 Å². The first kappa shape index (κ1) is 99.2. The molecule has 41 heteroatoms. The molecule has 0 heterocycles. The maximum absolute atomic E-state index is 13.5. The van der Waals surface area contributed by atoms with Crippen molar-refractivity contribution in [1.82, 2.24) is 0 Å². The fraction of sp³-hybridized carbons (Fsp3) is 0.188. The lowest BCUT2D eigenvalue weighted by Crippen LogP contribution is -2.37. The van der Waals surface area contributed by atoms with Crippen molar-refractivity contribution in [1.29, 1.82) is 0 Å². The summed E-state index contributed by atoms with van der Waals surface area (Å²) in [5, 5.41) is 171. The Kier molecular flexibility index (Phi) is 35.3. The van der Waals surface area contributed by atoms with Crippen molar-refractivity contribution in [3.8, 4) is 115 Å². The summed E-state index contributed by atoms with van der Waals surface area (Å²) in [7, 11) is -3.49. The molecule has 0 aliphatic carbocycles. The monoisotopic (exact) mass is 1790 g/mol. The topological polar surface area (TPSA) is 584 Å². The average molecular weight is 1790 g/mol. The summed E-state index contributed by atoms with van der Waals surface area (Å²) in [5.74, 6) is -23.4. The van der Waals surface area contributed by atoms with Crippen molar-refractivity contribution in [2.75, 3.05) is 59.5 Å². The average Bonchev–Trinajstić information content (AvgIpc) is 0.768. The van der Waals surface area contributed by atoms with E-state index in [1.54, 1.807) is 20.8 Å². The Morgan fingerprint density at radius 3 is 0.881 bits per heavy atom. The molecule has 10 aromatic carbocycles. The zero-order chi connectivity index (χ0) is 93.8. The van der Waals surface area contributed by atoms with E-state index in [0.717, 1.165) is 127 Å². The number of carbonyl (C=O) groups is 7. The Balaban J connectivity index is 0.000000258. The highest BCUT2D eigenvalue weighted by Crippen LogP contribution is 2.50. The molecule has 0 spiro atoms. The minimum Gasteiger partial charge on any atom is -0.508 e. The molecule has 0 unspecified atom stereocenters. The Morgan fingerprint density at radius 2 is 0.587 bits per heavy atom. The molecular weight excluding hydrogens is 1710 g/mol. The Labute approximate surface area is 709 Å². The van der Waals surface area contributed by atoms with E-state index in [4.69, 9.17) is 52.8 Å². The predicted octanol–water partition coefficient (Wildman–Crippen LogP) is 12.7. The van der Waals surface area contributed by atoms with E-state index < -0.39 is 169 Å². The minimum atomic E-state index is -3.49. The number of phenolic OH excluding ortho intramolecular Hbond substituents is 18. The van der Waals surface area contributed by atoms with Gasteiger partial charge in [0.05, 0.1) is 52.9 Å². The molecule has 0 saturated heterocycles. The fourth-order valence-corrected chi connectivity index (χ4v) is 11.9. The van der Waals surface area contributed by atoms with E-state index in [1.165, 1.54) is 56.3 Å². The number of rotatable bonds is 27. The van der Waals surface area contributed by atoms with Gasteiger partial charge >= 0.3 is 49.4 Å². The molecule has 10 aromatic rings. The molecule has 0 aliphatic rings. The summed E-state index contributed by atoms with van der Waals surface area (Å²) in [6.07, 6.45) is 2.64. The fourth-order valence-electron chi connectivity index (χ4n) is 10.2. The number of esters is 7. The van der Waals surface area contributed by atoms with Crippen LogP contribution in [-0.2, 0) is 51.6 Å². The van der Waals surface area contributed by atoms with Crippen LogP contribution in [0, 0.1) is 39.9 Å². The van der Waals surface area contributed by atoms with E-state index in [0.29, 0.717) is 18.2 Å². The maximum Gasteiger partial charge on any atom is 0.365 e. The summed E-state index contributed by atoms with van der Waals surface area (Å²) < 4.78 is 124.